The van der Waals surface area contributed by atoms with Crippen LogP contribution in [0.25, 0.3) is 0 Å². The lowest BCUT2D eigenvalue weighted by Crippen LogP contribution is -2.50. The Hall–Kier alpha value is -3.36. The standard InChI is InChI=1S/C25H19ClFN3O3S/c1-15-4-2-7-20-23(15)29(13-21(31)28-18-6-3-5-16(26)12-18)24(33)25(20)30(22(32)14-34-25)19-10-8-17(27)9-11-19/h2-12H,13-14H2,1H3,(H,28,31)/t25-/m0/s1. The number of carbonyl (C=O) groups excluding carboxylic acids is 3. The molecule has 2 heterocycles. The highest BCUT2D eigenvalue weighted by Gasteiger charge is 2.61. The minimum atomic E-state index is -1.37. The van der Waals surface area contributed by atoms with Gasteiger partial charge in [-0.2, -0.15) is 0 Å². The number of carbonyl (C=O) groups is 3. The first kappa shape index (κ1) is 22.4. The summed E-state index contributed by atoms with van der Waals surface area (Å²) in [6.07, 6.45) is 0. The number of benzene rings is 3. The maximum absolute atomic E-state index is 14.0. The van der Waals surface area contributed by atoms with Gasteiger partial charge in [0.25, 0.3) is 5.91 Å². The fourth-order valence-corrected chi connectivity index (χ4v) is 6.04. The van der Waals surface area contributed by atoms with E-state index in [4.69, 9.17) is 11.6 Å². The maximum atomic E-state index is 14.0. The first-order valence-corrected chi connectivity index (χ1v) is 11.9. The number of amides is 3. The number of hydrogen-bond acceptors (Lipinski definition) is 4. The van der Waals surface area contributed by atoms with Crippen LogP contribution in [0.15, 0.2) is 66.7 Å². The highest BCUT2D eigenvalue weighted by atomic mass is 35.5. The summed E-state index contributed by atoms with van der Waals surface area (Å²) in [5.74, 6) is -1.41. The molecular weight excluding hydrogens is 477 g/mol. The van der Waals surface area contributed by atoms with Crippen LogP contribution in [-0.2, 0) is 19.3 Å². The number of aryl methyl sites for hydroxylation is 1. The summed E-state index contributed by atoms with van der Waals surface area (Å²) in [7, 11) is 0. The van der Waals surface area contributed by atoms with Crippen LogP contribution in [0.1, 0.15) is 11.1 Å². The van der Waals surface area contributed by atoms with Crippen molar-refractivity contribution < 1.29 is 18.8 Å². The van der Waals surface area contributed by atoms with Gasteiger partial charge in [0.05, 0.1) is 11.4 Å². The fraction of sp³-hybridized carbons (Fsp3) is 0.160. The molecule has 9 heteroatoms. The topological polar surface area (TPSA) is 69.7 Å². The second-order valence-corrected chi connectivity index (χ2v) is 9.66. The summed E-state index contributed by atoms with van der Waals surface area (Å²) in [4.78, 5) is 41.4. The quantitative estimate of drug-likeness (QED) is 0.569. The molecule has 5 rings (SSSR count). The van der Waals surface area contributed by atoms with E-state index in [0.29, 0.717) is 27.6 Å². The van der Waals surface area contributed by atoms with Gasteiger partial charge >= 0.3 is 0 Å². The summed E-state index contributed by atoms with van der Waals surface area (Å²) in [6, 6.07) is 17.7. The van der Waals surface area contributed by atoms with E-state index in [-0.39, 0.29) is 18.2 Å². The van der Waals surface area contributed by atoms with Crippen LogP contribution in [0.5, 0.6) is 0 Å². The monoisotopic (exact) mass is 495 g/mol. The van der Waals surface area contributed by atoms with Gasteiger partial charge in [-0.25, -0.2) is 4.39 Å². The molecule has 0 unspecified atom stereocenters. The summed E-state index contributed by atoms with van der Waals surface area (Å²) in [5.41, 5.74) is 2.97. The lowest BCUT2D eigenvalue weighted by atomic mass is 10.0. The molecule has 0 aliphatic carbocycles. The van der Waals surface area contributed by atoms with Crippen LogP contribution < -0.4 is 15.1 Å². The Balaban J connectivity index is 1.55. The maximum Gasteiger partial charge on any atom is 0.269 e. The van der Waals surface area contributed by atoms with Crippen LogP contribution >= 0.6 is 23.4 Å². The van der Waals surface area contributed by atoms with Crippen molar-refractivity contribution in [3.8, 4) is 0 Å². The highest BCUT2D eigenvalue weighted by molar-refractivity contribution is 8.02. The second-order valence-electron chi connectivity index (χ2n) is 8.06. The molecule has 1 spiro atoms. The summed E-state index contributed by atoms with van der Waals surface area (Å²) in [5, 5.41) is 3.25. The molecule has 6 nitrogen and oxygen atoms in total. The highest BCUT2D eigenvalue weighted by Crippen LogP contribution is 2.56. The lowest BCUT2D eigenvalue weighted by Gasteiger charge is -2.33. The van der Waals surface area contributed by atoms with Gasteiger partial charge in [0, 0.05) is 22.0 Å². The second kappa shape index (κ2) is 8.45. The van der Waals surface area contributed by atoms with E-state index in [0.717, 1.165) is 5.56 Å². The third kappa shape index (κ3) is 3.54. The fourth-order valence-electron chi connectivity index (χ4n) is 4.49. The zero-order valence-corrected chi connectivity index (χ0v) is 19.6. The number of rotatable bonds is 4. The van der Waals surface area contributed by atoms with E-state index in [9.17, 15) is 18.8 Å². The Morgan fingerprint density at radius 2 is 1.85 bits per heavy atom. The number of halogens is 2. The molecule has 1 N–H and O–H groups in total. The molecule has 3 amide bonds. The first-order chi connectivity index (χ1) is 16.3. The summed E-state index contributed by atoms with van der Waals surface area (Å²) < 4.78 is 13.6. The van der Waals surface area contributed by atoms with Gasteiger partial charge in [0.1, 0.15) is 12.4 Å². The van der Waals surface area contributed by atoms with Gasteiger partial charge in [0.2, 0.25) is 16.7 Å². The molecule has 3 aromatic carbocycles. The molecular formula is C25H19ClFN3O3S. The van der Waals surface area contributed by atoms with E-state index in [2.05, 4.69) is 5.32 Å². The molecule has 34 heavy (non-hydrogen) atoms. The van der Waals surface area contributed by atoms with Crippen molar-refractivity contribution in [1.82, 2.24) is 0 Å². The molecule has 0 radical (unpaired) electrons. The van der Waals surface area contributed by atoms with E-state index in [1.807, 2.05) is 19.1 Å². The predicted octanol–water partition coefficient (Wildman–Crippen LogP) is 4.71. The van der Waals surface area contributed by atoms with Crippen molar-refractivity contribution in [1.29, 1.82) is 0 Å². The Morgan fingerprint density at radius 1 is 1.12 bits per heavy atom. The molecule has 0 aromatic heterocycles. The minimum Gasteiger partial charge on any atom is -0.324 e. The Bertz CT molecular complexity index is 1330. The summed E-state index contributed by atoms with van der Waals surface area (Å²) in [6.45, 7) is 1.62. The Labute approximate surface area is 204 Å². The molecule has 1 fully saturated rings. The molecule has 0 saturated carbocycles. The van der Waals surface area contributed by atoms with Crippen molar-refractivity contribution >= 4 is 58.1 Å². The van der Waals surface area contributed by atoms with Gasteiger partial charge in [-0.15, -0.1) is 11.8 Å². The van der Waals surface area contributed by atoms with Crippen LogP contribution in [0.3, 0.4) is 0 Å². The largest absolute Gasteiger partial charge is 0.324 e. The molecule has 172 valence electrons. The van der Waals surface area contributed by atoms with Gasteiger partial charge in [-0.3, -0.25) is 24.2 Å². The molecule has 2 aliphatic rings. The van der Waals surface area contributed by atoms with Gasteiger partial charge in [0.15, 0.2) is 0 Å². The molecule has 1 atom stereocenters. The predicted molar refractivity (Wildman–Crippen MR) is 132 cm³/mol. The lowest BCUT2D eigenvalue weighted by molar-refractivity contribution is -0.124. The van der Waals surface area contributed by atoms with Gasteiger partial charge in [-0.05, 0) is 55.0 Å². The van der Waals surface area contributed by atoms with E-state index in [1.165, 1.54) is 45.8 Å². The van der Waals surface area contributed by atoms with E-state index in [1.54, 1.807) is 30.3 Å². The molecule has 1 saturated heterocycles. The zero-order chi connectivity index (χ0) is 24.0. The van der Waals surface area contributed by atoms with E-state index >= 15 is 0 Å². The van der Waals surface area contributed by atoms with Crippen molar-refractivity contribution in [2.45, 2.75) is 11.8 Å². The van der Waals surface area contributed by atoms with Crippen LogP contribution in [0.2, 0.25) is 5.02 Å². The Morgan fingerprint density at radius 3 is 2.59 bits per heavy atom. The van der Waals surface area contributed by atoms with Crippen LogP contribution in [-0.4, -0.2) is 30.0 Å². The number of para-hydroxylation sites is 1. The average molecular weight is 496 g/mol. The summed E-state index contributed by atoms with van der Waals surface area (Å²) >= 11 is 7.22. The number of nitrogens with one attached hydrogen (secondary N) is 1. The molecule has 2 aliphatic heterocycles. The SMILES string of the molecule is Cc1cccc2c1N(CC(=O)Nc1cccc(Cl)c1)C(=O)[C@@]21SCC(=O)N1c1ccc(F)cc1. The number of hydrogen-bond donors (Lipinski definition) is 1. The number of fused-ring (bicyclic) bond motifs is 2. The number of thioether (sulfide) groups is 1. The Kier molecular flexibility index (Phi) is 5.58. The normalized spacial score (nSPS) is 19.1. The van der Waals surface area contributed by atoms with Crippen molar-refractivity contribution in [3.05, 3.63) is 88.7 Å². The average Bonchev–Trinajstić information content (AvgIpc) is 3.26. The molecule has 0 bridgehead atoms. The zero-order valence-electron chi connectivity index (χ0n) is 18.0. The minimum absolute atomic E-state index is 0.0824. The molecule has 3 aromatic rings. The first-order valence-electron chi connectivity index (χ1n) is 10.5. The smallest absolute Gasteiger partial charge is 0.269 e. The number of anilines is 3. The van der Waals surface area contributed by atoms with Gasteiger partial charge < -0.3 is 5.32 Å². The van der Waals surface area contributed by atoms with Crippen molar-refractivity contribution in [2.24, 2.45) is 0 Å². The van der Waals surface area contributed by atoms with Crippen LogP contribution in [0, 0.1) is 12.7 Å². The van der Waals surface area contributed by atoms with Crippen LogP contribution in [0.4, 0.5) is 21.5 Å². The third-order valence-electron chi connectivity index (χ3n) is 5.87. The number of nitrogens with zero attached hydrogens (tertiary/aromatic N) is 2. The van der Waals surface area contributed by atoms with Gasteiger partial charge in [-0.1, -0.05) is 35.9 Å². The van der Waals surface area contributed by atoms with E-state index < -0.39 is 22.5 Å². The van der Waals surface area contributed by atoms with Crippen molar-refractivity contribution in [2.75, 3.05) is 27.4 Å². The van der Waals surface area contributed by atoms with Crippen molar-refractivity contribution in [3.63, 3.8) is 0 Å². The third-order valence-corrected chi connectivity index (χ3v) is 7.49.